The molecule has 0 heterocycles. The standard InChI is InChI=1S/C10H10ClFO2/c11-5-6-14-7-10(13)8-1-3-9(12)4-2-8/h1-4H,5-7H2. The molecule has 0 fully saturated rings. The summed E-state index contributed by atoms with van der Waals surface area (Å²) in [6.07, 6.45) is 0. The summed E-state index contributed by atoms with van der Waals surface area (Å²) in [7, 11) is 0. The largest absolute Gasteiger partial charge is 0.372 e. The van der Waals surface area contributed by atoms with Gasteiger partial charge in [0.2, 0.25) is 0 Å². The highest BCUT2D eigenvalue weighted by Gasteiger charge is 2.05. The van der Waals surface area contributed by atoms with E-state index >= 15 is 0 Å². The maximum absolute atomic E-state index is 12.5. The van der Waals surface area contributed by atoms with Crippen molar-refractivity contribution in [3.05, 3.63) is 35.6 Å². The van der Waals surface area contributed by atoms with Crippen molar-refractivity contribution in [2.45, 2.75) is 0 Å². The molecule has 0 unspecified atom stereocenters. The van der Waals surface area contributed by atoms with E-state index in [-0.39, 0.29) is 18.2 Å². The second-order valence-electron chi connectivity index (χ2n) is 2.67. The molecule has 1 aromatic rings. The van der Waals surface area contributed by atoms with Crippen LogP contribution >= 0.6 is 11.6 Å². The van der Waals surface area contributed by atoms with Gasteiger partial charge in [-0.25, -0.2) is 4.39 Å². The molecule has 14 heavy (non-hydrogen) atoms. The second-order valence-corrected chi connectivity index (χ2v) is 3.05. The van der Waals surface area contributed by atoms with Gasteiger partial charge >= 0.3 is 0 Å². The summed E-state index contributed by atoms with van der Waals surface area (Å²) >= 11 is 5.37. The molecule has 0 atom stereocenters. The van der Waals surface area contributed by atoms with Crippen LogP contribution in [-0.4, -0.2) is 24.9 Å². The number of hydrogen-bond acceptors (Lipinski definition) is 2. The molecule has 1 aromatic carbocycles. The van der Waals surface area contributed by atoms with Gasteiger partial charge in [0, 0.05) is 11.4 Å². The number of ether oxygens (including phenoxy) is 1. The molecule has 76 valence electrons. The topological polar surface area (TPSA) is 26.3 Å². The minimum Gasteiger partial charge on any atom is -0.372 e. The number of alkyl halides is 1. The van der Waals surface area contributed by atoms with Crippen molar-refractivity contribution in [3.8, 4) is 0 Å². The molecule has 0 radical (unpaired) electrons. The molecule has 0 aromatic heterocycles. The van der Waals surface area contributed by atoms with Crippen molar-refractivity contribution in [2.24, 2.45) is 0 Å². The van der Waals surface area contributed by atoms with Gasteiger partial charge in [0.1, 0.15) is 12.4 Å². The van der Waals surface area contributed by atoms with E-state index in [9.17, 15) is 9.18 Å². The number of halogens is 2. The summed E-state index contributed by atoms with van der Waals surface area (Å²) in [4.78, 5) is 11.3. The molecule has 0 saturated heterocycles. The second kappa shape index (κ2) is 5.73. The highest BCUT2D eigenvalue weighted by Crippen LogP contribution is 2.03. The van der Waals surface area contributed by atoms with Gasteiger partial charge in [-0.1, -0.05) is 0 Å². The van der Waals surface area contributed by atoms with Crippen LogP contribution in [0.3, 0.4) is 0 Å². The summed E-state index contributed by atoms with van der Waals surface area (Å²) in [5.41, 5.74) is 0.445. The average molecular weight is 217 g/mol. The summed E-state index contributed by atoms with van der Waals surface area (Å²) in [6.45, 7) is 0.326. The first-order valence-corrected chi connectivity index (χ1v) is 4.70. The minimum absolute atomic E-state index is 0.0155. The fourth-order valence-electron chi connectivity index (χ4n) is 0.939. The monoisotopic (exact) mass is 216 g/mol. The first kappa shape index (κ1) is 11.1. The molecule has 0 spiro atoms. The SMILES string of the molecule is O=C(COCCCl)c1ccc(F)cc1. The smallest absolute Gasteiger partial charge is 0.188 e. The van der Waals surface area contributed by atoms with Crippen molar-refractivity contribution in [1.82, 2.24) is 0 Å². The molecule has 4 heteroatoms. The van der Waals surface area contributed by atoms with Gasteiger partial charge in [0.25, 0.3) is 0 Å². The molecular weight excluding hydrogens is 207 g/mol. The van der Waals surface area contributed by atoms with Crippen molar-refractivity contribution in [2.75, 3.05) is 19.1 Å². The number of rotatable bonds is 5. The van der Waals surface area contributed by atoms with Gasteiger partial charge in [0.15, 0.2) is 5.78 Å². The Labute approximate surface area is 86.6 Å². The lowest BCUT2D eigenvalue weighted by molar-refractivity contribution is 0.0786. The van der Waals surface area contributed by atoms with Crippen LogP contribution in [0.4, 0.5) is 4.39 Å². The predicted octanol–water partition coefficient (Wildman–Crippen LogP) is 2.26. The van der Waals surface area contributed by atoms with Crippen molar-refractivity contribution < 1.29 is 13.9 Å². The molecule has 0 N–H and O–H groups in total. The molecule has 0 aliphatic carbocycles. The molecule has 0 aliphatic rings. The summed E-state index contributed by atoms with van der Waals surface area (Å²) in [5, 5.41) is 0. The van der Waals surface area contributed by atoms with Gasteiger partial charge in [-0.05, 0) is 24.3 Å². The Morgan fingerprint density at radius 2 is 2.00 bits per heavy atom. The Morgan fingerprint density at radius 1 is 1.36 bits per heavy atom. The van der Waals surface area contributed by atoms with Crippen LogP contribution in [0.5, 0.6) is 0 Å². The number of carbonyl (C=O) groups is 1. The maximum atomic E-state index is 12.5. The molecule has 0 bridgehead atoms. The van der Waals surface area contributed by atoms with Crippen LogP contribution in [0.25, 0.3) is 0 Å². The van der Waals surface area contributed by atoms with Crippen LogP contribution in [0.2, 0.25) is 0 Å². The molecule has 2 nitrogen and oxygen atoms in total. The highest BCUT2D eigenvalue weighted by atomic mass is 35.5. The molecule has 0 aliphatic heterocycles. The molecule has 0 saturated carbocycles. The zero-order valence-electron chi connectivity index (χ0n) is 7.50. The van der Waals surface area contributed by atoms with E-state index in [0.717, 1.165) is 0 Å². The normalized spacial score (nSPS) is 10.1. The summed E-state index contributed by atoms with van der Waals surface area (Å²) in [5.74, 6) is -0.171. The third-order valence-electron chi connectivity index (χ3n) is 1.62. The van der Waals surface area contributed by atoms with E-state index in [1.54, 1.807) is 0 Å². The van der Waals surface area contributed by atoms with Gasteiger partial charge in [-0.3, -0.25) is 4.79 Å². The number of hydrogen-bond donors (Lipinski definition) is 0. The van der Waals surface area contributed by atoms with Gasteiger partial charge in [-0.2, -0.15) is 0 Å². The van der Waals surface area contributed by atoms with Crippen molar-refractivity contribution in [1.29, 1.82) is 0 Å². The molecular formula is C10H10ClFO2. The van der Waals surface area contributed by atoms with E-state index in [2.05, 4.69) is 0 Å². The Morgan fingerprint density at radius 3 is 2.57 bits per heavy atom. The van der Waals surface area contributed by atoms with E-state index in [1.807, 2.05) is 0 Å². The lowest BCUT2D eigenvalue weighted by Gasteiger charge is -2.01. The van der Waals surface area contributed by atoms with Crippen LogP contribution in [0.15, 0.2) is 24.3 Å². The van der Waals surface area contributed by atoms with Crippen LogP contribution in [-0.2, 0) is 4.74 Å². The number of ketones is 1. The summed E-state index contributed by atoms with van der Waals surface area (Å²) < 4.78 is 17.5. The quantitative estimate of drug-likeness (QED) is 0.429. The summed E-state index contributed by atoms with van der Waals surface area (Å²) in [6, 6.07) is 5.35. The van der Waals surface area contributed by atoms with E-state index < -0.39 is 0 Å². The van der Waals surface area contributed by atoms with Gasteiger partial charge < -0.3 is 4.74 Å². The zero-order valence-corrected chi connectivity index (χ0v) is 8.26. The maximum Gasteiger partial charge on any atom is 0.188 e. The fourth-order valence-corrected chi connectivity index (χ4v) is 1.05. The lowest BCUT2D eigenvalue weighted by atomic mass is 10.1. The number of carbonyl (C=O) groups excluding carboxylic acids is 1. The first-order valence-electron chi connectivity index (χ1n) is 4.16. The van der Waals surface area contributed by atoms with Crippen LogP contribution in [0.1, 0.15) is 10.4 Å². The Bertz CT molecular complexity index is 297. The van der Waals surface area contributed by atoms with Gasteiger partial charge in [0.05, 0.1) is 6.61 Å². The van der Waals surface area contributed by atoms with Gasteiger partial charge in [-0.15, -0.1) is 11.6 Å². The molecule has 1 rings (SSSR count). The molecule has 0 amide bonds. The predicted molar refractivity (Wildman–Crippen MR) is 52.3 cm³/mol. The van der Waals surface area contributed by atoms with Crippen molar-refractivity contribution in [3.63, 3.8) is 0 Å². The van der Waals surface area contributed by atoms with Crippen LogP contribution < -0.4 is 0 Å². The Kier molecular flexibility index (Phi) is 4.56. The fraction of sp³-hybridized carbons (Fsp3) is 0.300. The third-order valence-corrected chi connectivity index (χ3v) is 1.78. The van der Waals surface area contributed by atoms with E-state index in [0.29, 0.717) is 18.1 Å². The number of benzene rings is 1. The Hall–Kier alpha value is -0.930. The van der Waals surface area contributed by atoms with E-state index in [4.69, 9.17) is 16.3 Å². The zero-order chi connectivity index (χ0) is 10.4. The van der Waals surface area contributed by atoms with Crippen LogP contribution in [0, 0.1) is 5.82 Å². The van der Waals surface area contributed by atoms with E-state index in [1.165, 1.54) is 24.3 Å². The Balaban J connectivity index is 2.48. The highest BCUT2D eigenvalue weighted by molar-refractivity contribution is 6.18. The van der Waals surface area contributed by atoms with Crippen molar-refractivity contribution >= 4 is 17.4 Å². The number of Topliss-reactive ketones (excluding diaryl/α,β-unsaturated/α-hetero) is 1. The minimum atomic E-state index is -0.358. The lowest BCUT2D eigenvalue weighted by Crippen LogP contribution is -2.10. The third kappa shape index (κ3) is 3.44. The average Bonchev–Trinajstić information content (AvgIpc) is 2.19. The first-order chi connectivity index (χ1) is 6.74.